The van der Waals surface area contributed by atoms with Crippen LogP contribution in [-0.4, -0.2) is 41.1 Å². The van der Waals surface area contributed by atoms with Crippen LogP contribution in [0.2, 0.25) is 0 Å². The summed E-state index contributed by atoms with van der Waals surface area (Å²) < 4.78 is 5.59. The van der Waals surface area contributed by atoms with Crippen LogP contribution >= 0.6 is 0 Å². The molecular weight excluding hydrogens is 258 g/mol. The maximum absolute atomic E-state index is 12.3. The molecule has 0 aromatic heterocycles. The van der Waals surface area contributed by atoms with Crippen molar-refractivity contribution in [3.05, 3.63) is 30.3 Å². The molecule has 1 fully saturated rings. The molecule has 1 aliphatic heterocycles. The molecule has 0 radical (unpaired) electrons. The number of carboxylic acids is 1. The van der Waals surface area contributed by atoms with Crippen LogP contribution in [0.25, 0.3) is 0 Å². The van der Waals surface area contributed by atoms with Crippen molar-refractivity contribution < 1.29 is 19.4 Å². The number of aliphatic carboxylic acids is 1. The summed E-state index contributed by atoms with van der Waals surface area (Å²) in [4.78, 5) is 24.9. The van der Waals surface area contributed by atoms with Crippen molar-refractivity contribution in [2.75, 3.05) is 13.1 Å². The van der Waals surface area contributed by atoms with Gasteiger partial charge in [0.2, 0.25) is 0 Å². The molecule has 0 bridgehead atoms. The number of likely N-dealkylation sites (tertiary alicyclic amines) is 1. The first-order chi connectivity index (χ1) is 9.58. The zero-order valence-electron chi connectivity index (χ0n) is 11.5. The number of ether oxygens (including phenoxy) is 1. The quantitative estimate of drug-likeness (QED) is 0.911. The van der Waals surface area contributed by atoms with E-state index in [0.29, 0.717) is 18.7 Å². The molecule has 0 aliphatic carbocycles. The highest BCUT2D eigenvalue weighted by Gasteiger charge is 2.30. The van der Waals surface area contributed by atoms with E-state index in [2.05, 4.69) is 0 Å². The monoisotopic (exact) mass is 277 g/mol. The summed E-state index contributed by atoms with van der Waals surface area (Å²) in [7, 11) is 0. The van der Waals surface area contributed by atoms with Crippen LogP contribution < -0.4 is 4.74 Å². The number of piperidine rings is 1. The summed E-state index contributed by atoms with van der Waals surface area (Å²) in [5.74, 6) is -0.810. The smallest absolute Gasteiger partial charge is 0.308 e. The second-order valence-electron chi connectivity index (χ2n) is 5.03. The van der Waals surface area contributed by atoms with Gasteiger partial charge in [0, 0.05) is 13.1 Å². The Morgan fingerprint density at radius 3 is 2.70 bits per heavy atom. The van der Waals surface area contributed by atoms with Gasteiger partial charge in [-0.25, -0.2) is 0 Å². The molecule has 1 aromatic carbocycles. The van der Waals surface area contributed by atoms with E-state index in [-0.39, 0.29) is 12.5 Å². The third-order valence-corrected chi connectivity index (χ3v) is 3.49. The number of amides is 1. The minimum absolute atomic E-state index is 0.153. The molecule has 1 aromatic rings. The number of carbonyl (C=O) groups is 2. The van der Waals surface area contributed by atoms with E-state index in [0.717, 1.165) is 6.42 Å². The molecule has 20 heavy (non-hydrogen) atoms. The Kier molecular flexibility index (Phi) is 4.61. The molecule has 5 heteroatoms. The normalized spacial score (nSPS) is 20.2. The summed E-state index contributed by atoms with van der Waals surface area (Å²) in [6.07, 6.45) is 0.748. The van der Waals surface area contributed by atoms with Crippen LogP contribution in [0, 0.1) is 5.92 Å². The maximum atomic E-state index is 12.3. The molecule has 1 saturated heterocycles. The Balaban J connectivity index is 1.94. The Labute approximate surface area is 118 Å². The van der Waals surface area contributed by atoms with E-state index in [1.165, 1.54) is 0 Å². The lowest BCUT2D eigenvalue weighted by atomic mass is 9.98. The Morgan fingerprint density at radius 2 is 2.05 bits per heavy atom. The summed E-state index contributed by atoms with van der Waals surface area (Å²) in [6, 6.07) is 9.14. The van der Waals surface area contributed by atoms with Gasteiger partial charge >= 0.3 is 5.97 Å². The number of carbonyl (C=O) groups excluding carboxylic acids is 1. The topological polar surface area (TPSA) is 66.8 Å². The Bertz CT molecular complexity index is 474. The average molecular weight is 277 g/mol. The first-order valence-corrected chi connectivity index (χ1v) is 6.81. The standard InChI is InChI=1S/C15H19NO4/c1-11(20-13-7-3-2-4-8-13)14(17)16-9-5-6-12(10-16)15(18)19/h2-4,7-8,11-12H,5-6,9-10H2,1H3,(H,18,19)/t11-,12-/m0/s1. The number of nitrogens with zero attached hydrogens (tertiary/aromatic N) is 1. The summed E-state index contributed by atoms with van der Waals surface area (Å²) in [5, 5.41) is 9.04. The molecular formula is C15H19NO4. The number of para-hydroxylation sites is 1. The van der Waals surface area contributed by atoms with E-state index in [4.69, 9.17) is 9.84 Å². The summed E-state index contributed by atoms with van der Waals surface area (Å²) in [6.45, 7) is 2.57. The molecule has 108 valence electrons. The van der Waals surface area contributed by atoms with Gasteiger partial charge in [0.15, 0.2) is 6.10 Å². The maximum Gasteiger partial charge on any atom is 0.308 e. The molecule has 2 rings (SSSR count). The van der Waals surface area contributed by atoms with Gasteiger partial charge in [0.25, 0.3) is 5.91 Å². The molecule has 0 spiro atoms. The highest BCUT2D eigenvalue weighted by atomic mass is 16.5. The number of hydrogen-bond donors (Lipinski definition) is 1. The minimum Gasteiger partial charge on any atom is -0.481 e. The fraction of sp³-hybridized carbons (Fsp3) is 0.467. The lowest BCUT2D eigenvalue weighted by molar-refractivity contribution is -0.147. The SMILES string of the molecule is C[C@H](Oc1ccccc1)C(=O)N1CCC[C@H](C(=O)O)C1. The zero-order chi connectivity index (χ0) is 14.5. The number of benzene rings is 1. The zero-order valence-corrected chi connectivity index (χ0v) is 11.5. The third-order valence-electron chi connectivity index (χ3n) is 3.49. The molecule has 1 aliphatic rings. The number of rotatable bonds is 4. The first-order valence-electron chi connectivity index (χ1n) is 6.81. The summed E-state index contributed by atoms with van der Waals surface area (Å²) >= 11 is 0. The van der Waals surface area contributed by atoms with Gasteiger partial charge in [-0.1, -0.05) is 18.2 Å². The van der Waals surface area contributed by atoms with Gasteiger partial charge in [0.1, 0.15) is 5.75 Å². The van der Waals surface area contributed by atoms with Gasteiger partial charge in [-0.2, -0.15) is 0 Å². The third kappa shape index (κ3) is 3.50. The van der Waals surface area contributed by atoms with Gasteiger partial charge in [0.05, 0.1) is 5.92 Å². The van der Waals surface area contributed by atoms with Crippen molar-refractivity contribution in [3.63, 3.8) is 0 Å². The number of hydrogen-bond acceptors (Lipinski definition) is 3. The van der Waals surface area contributed by atoms with Crippen molar-refractivity contribution in [2.24, 2.45) is 5.92 Å². The molecule has 1 heterocycles. The van der Waals surface area contributed by atoms with Crippen molar-refractivity contribution in [2.45, 2.75) is 25.9 Å². The second kappa shape index (κ2) is 6.41. The lowest BCUT2D eigenvalue weighted by Gasteiger charge is -2.32. The molecule has 0 saturated carbocycles. The van der Waals surface area contributed by atoms with Crippen LogP contribution in [-0.2, 0) is 9.59 Å². The second-order valence-corrected chi connectivity index (χ2v) is 5.03. The molecule has 1 N–H and O–H groups in total. The lowest BCUT2D eigenvalue weighted by Crippen LogP contribution is -2.47. The average Bonchev–Trinajstić information content (AvgIpc) is 2.47. The molecule has 5 nitrogen and oxygen atoms in total. The minimum atomic E-state index is -0.834. The number of carboxylic acid groups (broad SMARTS) is 1. The van der Waals surface area contributed by atoms with E-state index in [1.54, 1.807) is 24.0 Å². The first kappa shape index (κ1) is 14.4. The van der Waals surface area contributed by atoms with E-state index >= 15 is 0 Å². The van der Waals surface area contributed by atoms with Crippen LogP contribution in [0.15, 0.2) is 30.3 Å². The summed E-state index contributed by atoms with van der Waals surface area (Å²) in [5.41, 5.74) is 0. The van der Waals surface area contributed by atoms with E-state index < -0.39 is 18.0 Å². The highest BCUT2D eigenvalue weighted by molar-refractivity contribution is 5.82. The Morgan fingerprint density at radius 1 is 1.35 bits per heavy atom. The predicted molar refractivity (Wildman–Crippen MR) is 73.5 cm³/mol. The fourth-order valence-electron chi connectivity index (χ4n) is 2.39. The molecule has 2 atom stereocenters. The predicted octanol–water partition coefficient (Wildman–Crippen LogP) is 1.78. The van der Waals surface area contributed by atoms with Gasteiger partial charge in [-0.3, -0.25) is 9.59 Å². The van der Waals surface area contributed by atoms with Crippen molar-refractivity contribution in [3.8, 4) is 5.75 Å². The Hall–Kier alpha value is -2.04. The van der Waals surface area contributed by atoms with Gasteiger partial charge < -0.3 is 14.7 Å². The molecule has 0 unspecified atom stereocenters. The molecule has 1 amide bonds. The van der Waals surface area contributed by atoms with E-state index in [1.807, 2.05) is 18.2 Å². The van der Waals surface area contributed by atoms with Gasteiger partial charge in [-0.05, 0) is 31.9 Å². The fourth-order valence-corrected chi connectivity index (χ4v) is 2.39. The largest absolute Gasteiger partial charge is 0.481 e. The van der Waals surface area contributed by atoms with E-state index in [9.17, 15) is 9.59 Å². The van der Waals surface area contributed by atoms with Crippen molar-refractivity contribution in [1.82, 2.24) is 4.90 Å². The van der Waals surface area contributed by atoms with Crippen molar-refractivity contribution >= 4 is 11.9 Å². The van der Waals surface area contributed by atoms with Crippen LogP contribution in [0.4, 0.5) is 0 Å². The highest BCUT2D eigenvalue weighted by Crippen LogP contribution is 2.19. The van der Waals surface area contributed by atoms with Crippen LogP contribution in [0.5, 0.6) is 5.75 Å². The van der Waals surface area contributed by atoms with Crippen LogP contribution in [0.1, 0.15) is 19.8 Å². The van der Waals surface area contributed by atoms with Crippen molar-refractivity contribution in [1.29, 1.82) is 0 Å². The van der Waals surface area contributed by atoms with Crippen LogP contribution in [0.3, 0.4) is 0 Å². The van der Waals surface area contributed by atoms with Gasteiger partial charge in [-0.15, -0.1) is 0 Å².